The van der Waals surface area contributed by atoms with Crippen LogP contribution in [0.3, 0.4) is 0 Å². The third kappa shape index (κ3) is 3.91. The van der Waals surface area contributed by atoms with Gasteiger partial charge in [-0.25, -0.2) is 0 Å². The van der Waals surface area contributed by atoms with Gasteiger partial charge in [-0.15, -0.1) is 0 Å². The first-order valence-corrected chi connectivity index (χ1v) is 7.87. The van der Waals surface area contributed by atoms with Crippen LogP contribution in [-0.4, -0.2) is 5.91 Å². The second kappa shape index (κ2) is 6.85. The van der Waals surface area contributed by atoms with Crippen LogP contribution in [0, 0.1) is 6.92 Å². The number of halogens is 1. The Morgan fingerprint density at radius 2 is 1.90 bits per heavy atom. The summed E-state index contributed by atoms with van der Waals surface area (Å²) in [7, 11) is 0. The Balaban J connectivity index is 2.17. The Hall–Kier alpha value is -1.68. The average Bonchev–Trinajstić information content (AvgIpc) is 2.49. The zero-order valence-electron chi connectivity index (χ0n) is 12.6. The second-order valence-electron chi connectivity index (χ2n) is 5.11. The predicted octanol–water partition coefficient (Wildman–Crippen LogP) is 3.81. The summed E-state index contributed by atoms with van der Waals surface area (Å²) in [5.41, 5.74) is 3.11. The Bertz CT molecular complexity index is 638. The Labute approximate surface area is 134 Å². The van der Waals surface area contributed by atoms with Gasteiger partial charge in [0.15, 0.2) is 11.9 Å². The molecule has 3 nitrogen and oxygen atoms in total. The molecule has 0 spiro atoms. The monoisotopic (exact) mass is 347 g/mol. The van der Waals surface area contributed by atoms with Crippen molar-refractivity contribution >= 4 is 27.5 Å². The molecule has 21 heavy (non-hydrogen) atoms. The number of hydrogen-bond donors (Lipinski definition) is 1. The highest BCUT2D eigenvalue weighted by Crippen LogP contribution is 2.15. The summed E-state index contributed by atoms with van der Waals surface area (Å²) in [6, 6.07) is 11.5. The molecule has 1 heterocycles. The van der Waals surface area contributed by atoms with Crippen molar-refractivity contribution in [3.8, 4) is 0 Å². The zero-order valence-corrected chi connectivity index (χ0v) is 14.1. The molecule has 4 heteroatoms. The molecule has 110 valence electrons. The topological polar surface area (TPSA) is 33.0 Å². The Morgan fingerprint density at radius 3 is 2.52 bits per heavy atom. The van der Waals surface area contributed by atoms with E-state index in [1.165, 1.54) is 5.56 Å². The maximum absolute atomic E-state index is 12.4. The molecule has 1 aromatic carbocycles. The summed E-state index contributed by atoms with van der Waals surface area (Å²) < 4.78 is 3.02. The van der Waals surface area contributed by atoms with Gasteiger partial charge in [-0.05, 0) is 36.8 Å². The molecule has 1 aromatic heterocycles. The van der Waals surface area contributed by atoms with Crippen molar-refractivity contribution in [1.82, 2.24) is 0 Å². The molecule has 0 aliphatic rings. The average molecular weight is 348 g/mol. The first kappa shape index (κ1) is 15.7. The van der Waals surface area contributed by atoms with Gasteiger partial charge < -0.3 is 5.32 Å². The third-order valence-corrected chi connectivity index (χ3v) is 4.10. The van der Waals surface area contributed by atoms with Gasteiger partial charge in [0.2, 0.25) is 6.04 Å². The van der Waals surface area contributed by atoms with Crippen LogP contribution in [0.25, 0.3) is 0 Å². The van der Waals surface area contributed by atoms with Crippen molar-refractivity contribution in [2.45, 2.75) is 33.2 Å². The summed E-state index contributed by atoms with van der Waals surface area (Å²) in [6.45, 7) is 6.05. The van der Waals surface area contributed by atoms with Crippen molar-refractivity contribution in [2.75, 3.05) is 5.32 Å². The van der Waals surface area contributed by atoms with E-state index in [4.69, 9.17) is 0 Å². The lowest BCUT2D eigenvalue weighted by molar-refractivity contribution is -0.711. The van der Waals surface area contributed by atoms with Crippen LogP contribution in [0.4, 0.5) is 5.69 Å². The van der Waals surface area contributed by atoms with Crippen molar-refractivity contribution in [3.05, 3.63) is 58.3 Å². The number of aromatic nitrogens is 1. The molecular formula is C17H20BrN2O+. The maximum atomic E-state index is 12.4. The molecule has 0 aliphatic carbocycles. The number of nitrogens with one attached hydrogen (secondary N) is 1. The van der Waals surface area contributed by atoms with Crippen LogP contribution >= 0.6 is 15.9 Å². The van der Waals surface area contributed by atoms with E-state index >= 15 is 0 Å². The molecule has 1 amide bonds. The van der Waals surface area contributed by atoms with Gasteiger partial charge in [0.1, 0.15) is 0 Å². The molecule has 2 rings (SSSR count). The molecule has 0 radical (unpaired) electrons. The molecule has 1 N–H and O–H groups in total. The van der Waals surface area contributed by atoms with Crippen molar-refractivity contribution in [3.63, 3.8) is 0 Å². The minimum Gasteiger partial charge on any atom is -0.320 e. The Morgan fingerprint density at radius 1 is 1.24 bits per heavy atom. The number of aryl methyl sites for hydroxylation is 2. The van der Waals surface area contributed by atoms with E-state index in [-0.39, 0.29) is 11.9 Å². The summed E-state index contributed by atoms with van der Waals surface area (Å²) in [5.74, 6) is -0.0151. The number of hydrogen-bond acceptors (Lipinski definition) is 1. The lowest BCUT2D eigenvalue weighted by atomic mass is 10.2. The van der Waals surface area contributed by atoms with E-state index in [2.05, 4.69) is 46.5 Å². The van der Waals surface area contributed by atoms with E-state index in [0.29, 0.717) is 0 Å². The smallest absolute Gasteiger partial charge is 0.293 e. The Kier molecular flexibility index (Phi) is 5.12. The molecule has 0 saturated carbocycles. The quantitative estimate of drug-likeness (QED) is 0.838. The van der Waals surface area contributed by atoms with Gasteiger partial charge >= 0.3 is 0 Å². The standard InChI is InChI=1S/C17H19BrN2O/c1-4-14-6-5-12(2)20(11-14)13(3)17(21)19-16-9-7-15(18)8-10-16/h5-11,13H,4H2,1-3H3/p+1/t13-/m0/s1. The van der Waals surface area contributed by atoms with Gasteiger partial charge in [-0.2, -0.15) is 4.57 Å². The van der Waals surface area contributed by atoms with E-state index in [0.717, 1.165) is 22.3 Å². The van der Waals surface area contributed by atoms with Gasteiger partial charge in [-0.3, -0.25) is 4.79 Å². The van der Waals surface area contributed by atoms with Crippen LogP contribution in [0.15, 0.2) is 47.1 Å². The van der Waals surface area contributed by atoms with Gasteiger partial charge in [0.05, 0.1) is 0 Å². The van der Waals surface area contributed by atoms with Crippen LogP contribution in [-0.2, 0) is 11.2 Å². The van der Waals surface area contributed by atoms with Crippen LogP contribution in [0.2, 0.25) is 0 Å². The second-order valence-corrected chi connectivity index (χ2v) is 6.03. The number of benzene rings is 1. The number of carbonyl (C=O) groups excluding carboxylic acids is 1. The summed E-state index contributed by atoms with van der Waals surface area (Å²) in [5, 5.41) is 2.95. The van der Waals surface area contributed by atoms with Crippen molar-refractivity contribution < 1.29 is 9.36 Å². The molecule has 0 saturated heterocycles. The fourth-order valence-electron chi connectivity index (χ4n) is 2.17. The highest BCUT2D eigenvalue weighted by atomic mass is 79.9. The van der Waals surface area contributed by atoms with Crippen molar-refractivity contribution in [2.24, 2.45) is 0 Å². The van der Waals surface area contributed by atoms with E-state index in [9.17, 15) is 4.79 Å². The molecule has 0 fully saturated rings. The summed E-state index contributed by atoms with van der Waals surface area (Å²) in [4.78, 5) is 12.4. The SMILES string of the molecule is CCc1ccc(C)[n+]([C@@H](C)C(=O)Nc2ccc(Br)cc2)c1. The fraction of sp³-hybridized carbons (Fsp3) is 0.294. The van der Waals surface area contributed by atoms with Gasteiger partial charge in [-0.1, -0.05) is 22.9 Å². The number of pyridine rings is 1. The number of carbonyl (C=O) groups is 1. The van der Waals surface area contributed by atoms with Gasteiger partial charge in [0, 0.05) is 35.6 Å². The molecular weight excluding hydrogens is 328 g/mol. The third-order valence-electron chi connectivity index (χ3n) is 3.57. The van der Waals surface area contributed by atoms with Gasteiger partial charge in [0.25, 0.3) is 5.91 Å². The minimum atomic E-state index is -0.250. The molecule has 0 bridgehead atoms. The fourth-order valence-corrected chi connectivity index (χ4v) is 2.43. The lowest BCUT2D eigenvalue weighted by Crippen LogP contribution is -2.47. The number of rotatable bonds is 4. The molecule has 0 aliphatic heterocycles. The largest absolute Gasteiger partial charge is 0.320 e. The highest BCUT2D eigenvalue weighted by Gasteiger charge is 2.24. The summed E-state index contributed by atoms with van der Waals surface area (Å²) >= 11 is 3.39. The van der Waals surface area contributed by atoms with Crippen LogP contribution in [0.5, 0.6) is 0 Å². The van der Waals surface area contributed by atoms with Crippen LogP contribution in [0.1, 0.15) is 31.1 Å². The van der Waals surface area contributed by atoms with E-state index in [1.807, 2.05) is 42.7 Å². The number of anilines is 1. The highest BCUT2D eigenvalue weighted by molar-refractivity contribution is 9.10. The maximum Gasteiger partial charge on any atom is 0.293 e. The van der Waals surface area contributed by atoms with Crippen LogP contribution < -0.4 is 9.88 Å². The normalized spacial score (nSPS) is 12.0. The predicted molar refractivity (Wildman–Crippen MR) is 88.2 cm³/mol. The number of nitrogens with zero attached hydrogens (tertiary/aromatic N) is 1. The van der Waals surface area contributed by atoms with E-state index in [1.54, 1.807) is 0 Å². The first-order valence-electron chi connectivity index (χ1n) is 7.08. The number of amides is 1. The van der Waals surface area contributed by atoms with Crippen molar-refractivity contribution in [1.29, 1.82) is 0 Å². The zero-order chi connectivity index (χ0) is 15.4. The lowest BCUT2D eigenvalue weighted by Gasteiger charge is -2.11. The molecule has 1 atom stereocenters. The molecule has 2 aromatic rings. The minimum absolute atomic E-state index is 0.0151. The summed E-state index contributed by atoms with van der Waals surface area (Å²) in [6.07, 6.45) is 3.02. The molecule has 0 unspecified atom stereocenters. The first-order chi connectivity index (χ1) is 10.0. The van der Waals surface area contributed by atoms with E-state index < -0.39 is 0 Å².